The molecule has 1 rings (SSSR count). The lowest BCUT2D eigenvalue weighted by Crippen LogP contribution is -2.42. The summed E-state index contributed by atoms with van der Waals surface area (Å²) in [7, 11) is 0. The zero-order chi connectivity index (χ0) is 7.40. The van der Waals surface area contributed by atoms with Crippen molar-refractivity contribution in [1.82, 2.24) is 4.90 Å². The van der Waals surface area contributed by atoms with Gasteiger partial charge in [-0.1, -0.05) is 11.2 Å². The SMILES string of the molecule is NCCN1CC[S+]([O-])CC1. The van der Waals surface area contributed by atoms with Crippen molar-refractivity contribution >= 4 is 11.2 Å². The van der Waals surface area contributed by atoms with E-state index in [0.717, 1.165) is 31.1 Å². The lowest BCUT2D eigenvalue weighted by atomic mass is 10.5. The van der Waals surface area contributed by atoms with Crippen LogP contribution >= 0.6 is 0 Å². The third-order valence-electron chi connectivity index (χ3n) is 1.72. The van der Waals surface area contributed by atoms with E-state index < -0.39 is 11.2 Å². The minimum atomic E-state index is -0.547. The van der Waals surface area contributed by atoms with Crippen molar-refractivity contribution in [3.05, 3.63) is 0 Å². The van der Waals surface area contributed by atoms with E-state index in [4.69, 9.17) is 5.73 Å². The summed E-state index contributed by atoms with van der Waals surface area (Å²) in [6.07, 6.45) is 0. The Hall–Kier alpha value is 0.230. The molecule has 0 aromatic carbocycles. The lowest BCUT2D eigenvalue weighted by Gasteiger charge is -2.27. The van der Waals surface area contributed by atoms with Gasteiger partial charge in [0.2, 0.25) is 0 Å². The molecule has 0 unspecified atom stereocenters. The summed E-state index contributed by atoms with van der Waals surface area (Å²) in [5.74, 6) is 1.67. The fourth-order valence-electron chi connectivity index (χ4n) is 1.08. The summed E-state index contributed by atoms with van der Waals surface area (Å²) in [5.41, 5.74) is 5.38. The van der Waals surface area contributed by atoms with Crippen LogP contribution in [0, 0.1) is 0 Å². The Morgan fingerprint density at radius 2 is 2.00 bits per heavy atom. The smallest absolute Gasteiger partial charge is 0.118 e. The topological polar surface area (TPSA) is 52.3 Å². The summed E-state index contributed by atoms with van der Waals surface area (Å²) in [6, 6.07) is 0. The molecular weight excluding hydrogens is 148 g/mol. The summed E-state index contributed by atoms with van der Waals surface area (Å²) in [4.78, 5) is 2.27. The van der Waals surface area contributed by atoms with E-state index in [1.165, 1.54) is 0 Å². The largest absolute Gasteiger partial charge is 0.616 e. The Balaban J connectivity index is 2.13. The van der Waals surface area contributed by atoms with Crippen LogP contribution in [-0.4, -0.2) is 47.1 Å². The molecule has 4 heteroatoms. The number of nitrogens with two attached hydrogens (primary N) is 1. The minimum Gasteiger partial charge on any atom is -0.616 e. The lowest BCUT2D eigenvalue weighted by molar-refractivity contribution is 0.304. The first kappa shape index (κ1) is 8.33. The average molecular weight is 162 g/mol. The first-order chi connectivity index (χ1) is 4.83. The summed E-state index contributed by atoms with van der Waals surface area (Å²) in [6.45, 7) is 3.59. The quantitative estimate of drug-likeness (QED) is 0.530. The van der Waals surface area contributed by atoms with E-state index in [1.54, 1.807) is 0 Å². The van der Waals surface area contributed by atoms with Crippen LogP contribution in [0.5, 0.6) is 0 Å². The molecule has 0 radical (unpaired) electrons. The molecular formula is C6H14N2OS. The molecule has 10 heavy (non-hydrogen) atoms. The molecule has 0 aromatic rings. The number of rotatable bonds is 2. The molecule has 0 amide bonds. The van der Waals surface area contributed by atoms with Crippen LogP contribution in [-0.2, 0) is 11.2 Å². The van der Waals surface area contributed by atoms with Crippen LogP contribution in [0.2, 0.25) is 0 Å². The van der Waals surface area contributed by atoms with Crippen LogP contribution in [0.4, 0.5) is 0 Å². The van der Waals surface area contributed by atoms with Gasteiger partial charge in [0.15, 0.2) is 0 Å². The van der Waals surface area contributed by atoms with E-state index in [2.05, 4.69) is 4.90 Å². The van der Waals surface area contributed by atoms with E-state index in [1.807, 2.05) is 0 Å². The molecule has 3 nitrogen and oxygen atoms in total. The highest BCUT2D eigenvalue weighted by molar-refractivity contribution is 7.91. The van der Waals surface area contributed by atoms with Gasteiger partial charge in [-0.15, -0.1) is 0 Å². The van der Waals surface area contributed by atoms with Crippen molar-refractivity contribution in [1.29, 1.82) is 0 Å². The van der Waals surface area contributed by atoms with E-state index in [9.17, 15) is 4.55 Å². The Morgan fingerprint density at radius 1 is 1.40 bits per heavy atom. The molecule has 2 N–H and O–H groups in total. The van der Waals surface area contributed by atoms with Crippen LogP contribution < -0.4 is 5.73 Å². The molecule has 0 bridgehead atoms. The van der Waals surface area contributed by atoms with E-state index in [-0.39, 0.29) is 0 Å². The van der Waals surface area contributed by atoms with Gasteiger partial charge in [-0.05, 0) is 0 Å². The van der Waals surface area contributed by atoms with Gasteiger partial charge >= 0.3 is 0 Å². The number of nitrogens with zero attached hydrogens (tertiary/aromatic N) is 1. The van der Waals surface area contributed by atoms with Gasteiger partial charge in [-0.3, -0.25) is 4.90 Å². The first-order valence-electron chi connectivity index (χ1n) is 3.60. The maximum absolute atomic E-state index is 10.9. The summed E-state index contributed by atoms with van der Waals surface area (Å²) >= 11 is -0.547. The Labute approximate surface area is 64.8 Å². The van der Waals surface area contributed by atoms with Gasteiger partial charge in [-0.25, -0.2) is 0 Å². The van der Waals surface area contributed by atoms with Gasteiger partial charge < -0.3 is 10.3 Å². The fraction of sp³-hybridized carbons (Fsp3) is 1.00. The highest BCUT2D eigenvalue weighted by Gasteiger charge is 2.17. The van der Waals surface area contributed by atoms with Crippen LogP contribution in [0.1, 0.15) is 0 Å². The van der Waals surface area contributed by atoms with Gasteiger partial charge in [0.05, 0.1) is 0 Å². The predicted molar refractivity (Wildman–Crippen MR) is 43.4 cm³/mol. The summed E-state index contributed by atoms with van der Waals surface area (Å²) < 4.78 is 10.9. The Bertz CT molecular complexity index is 93.7. The zero-order valence-corrected chi connectivity index (χ0v) is 6.90. The number of hydrogen-bond acceptors (Lipinski definition) is 3. The molecule has 0 aliphatic carbocycles. The molecule has 60 valence electrons. The molecule has 1 aliphatic rings. The predicted octanol–water partition coefficient (Wildman–Crippen LogP) is -0.991. The third-order valence-corrected chi connectivity index (χ3v) is 2.99. The van der Waals surface area contributed by atoms with Crippen molar-refractivity contribution in [2.75, 3.05) is 37.7 Å². The van der Waals surface area contributed by atoms with Crippen molar-refractivity contribution < 1.29 is 4.55 Å². The monoisotopic (exact) mass is 162 g/mol. The van der Waals surface area contributed by atoms with Gasteiger partial charge in [0.1, 0.15) is 11.5 Å². The molecule has 1 heterocycles. The highest BCUT2D eigenvalue weighted by atomic mass is 32.2. The van der Waals surface area contributed by atoms with Gasteiger partial charge in [-0.2, -0.15) is 0 Å². The summed E-state index contributed by atoms with van der Waals surface area (Å²) in [5, 5.41) is 0. The Kier molecular flexibility index (Phi) is 3.48. The average Bonchev–Trinajstić information content (AvgIpc) is 1.95. The van der Waals surface area contributed by atoms with E-state index in [0.29, 0.717) is 6.54 Å². The third kappa shape index (κ3) is 2.46. The molecule has 0 atom stereocenters. The fourth-order valence-corrected chi connectivity index (χ4v) is 2.21. The highest BCUT2D eigenvalue weighted by Crippen LogP contribution is 2.01. The Morgan fingerprint density at radius 3 is 2.50 bits per heavy atom. The second-order valence-electron chi connectivity index (χ2n) is 2.48. The maximum atomic E-state index is 10.9. The van der Waals surface area contributed by atoms with Gasteiger partial charge in [0, 0.05) is 26.2 Å². The second kappa shape index (κ2) is 4.18. The zero-order valence-electron chi connectivity index (χ0n) is 6.08. The minimum absolute atomic E-state index is 0.547. The molecule has 1 aliphatic heterocycles. The number of hydrogen-bond donors (Lipinski definition) is 1. The molecule has 0 aromatic heterocycles. The first-order valence-corrected chi connectivity index (χ1v) is 5.09. The molecule has 0 saturated carbocycles. The molecule has 1 saturated heterocycles. The normalized spacial score (nSPS) is 23.4. The van der Waals surface area contributed by atoms with Crippen LogP contribution in [0.3, 0.4) is 0 Å². The van der Waals surface area contributed by atoms with Gasteiger partial charge in [0.25, 0.3) is 0 Å². The van der Waals surface area contributed by atoms with Crippen LogP contribution in [0.25, 0.3) is 0 Å². The van der Waals surface area contributed by atoms with Crippen LogP contribution in [0.15, 0.2) is 0 Å². The van der Waals surface area contributed by atoms with Crippen molar-refractivity contribution in [2.45, 2.75) is 0 Å². The molecule has 1 fully saturated rings. The van der Waals surface area contributed by atoms with Crippen molar-refractivity contribution in [2.24, 2.45) is 5.73 Å². The second-order valence-corrected chi connectivity index (χ2v) is 4.17. The maximum Gasteiger partial charge on any atom is 0.118 e. The van der Waals surface area contributed by atoms with Crippen molar-refractivity contribution in [3.63, 3.8) is 0 Å². The van der Waals surface area contributed by atoms with Crippen molar-refractivity contribution in [3.8, 4) is 0 Å². The van der Waals surface area contributed by atoms with E-state index >= 15 is 0 Å². The molecule has 0 spiro atoms. The standard InChI is InChI=1S/C6H14N2OS/c7-1-2-8-3-5-10(9)6-4-8/h1-7H2.